The summed E-state index contributed by atoms with van der Waals surface area (Å²) < 4.78 is 6.14. The Labute approximate surface area is 137 Å². The first-order valence-electron chi connectivity index (χ1n) is 8.26. The number of hydrogen-bond acceptors (Lipinski definition) is 5. The lowest BCUT2D eigenvalue weighted by atomic mass is 10.0. The summed E-state index contributed by atoms with van der Waals surface area (Å²) in [7, 11) is 1.96. The number of ether oxygens (including phenoxy) is 1. The van der Waals surface area contributed by atoms with E-state index in [2.05, 4.69) is 13.0 Å². The summed E-state index contributed by atoms with van der Waals surface area (Å²) in [5, 5.41) is 20.1. The van der Waals surface area contributed by atoms with Crippen LogP contribution in [0.3, 0.4) is 0 Å². The van der Waals surface area contributed by atoms with Crippen molar-refractivity contribution < 1.29 is 19.7 Å². The van der Waals surface area contributed by atoms with Gasteiger partial charge in [0.25, 0.3) is 0 Å². The number of carbonyl (C=O) groups is 1. The van der Waals surface area contributed by atoms with Crippen LogP contribution < -0.4 is 0 Å². The molecule has 23 heavy (non-hydrogen) atoms. The van der Waals surface area contributed by atoms with Crippen LogP contribution in [0.5, 0.6) is 0 Å². The van der Waals surface area contributed by atoms with Crippen molar-refractivity contribution in [1.82, 2.24) is 4.90 Å². The van der Waals surface area contributed by atoms with Gasteiger partial charge in [0.2, 0.25) is 0 Å². The molecule has 0 aromatic carbocycles. The first-order valence-corrected chi connectivity index (χ1v) is 8.26. The van der Waals surface area contributed by atoms with Crippen LogP contribution in [0.4, 0.5) is 0 Å². The lowest BCUT2D eigenvalue weighted by molar-refractivity contribution is -0.109. The quantitative estimate of drug-likeness (QED) is 0.697. The van der Waals surface area contributed by atoms with E-state index in [-0.39, 0.29) is 12.5 Å². The fourth-order valence-electron chi connectivity index (χ4n) is 3.00. The van der Waals surface area contributed by atoms with Gasteiger partial charge in [0.05, 0.1) is 6.10 Å². The number of aliphatic hydroxyl groups is 2. The third-order valence-corrected chi connectivity index (χ3v) is 4.37. The van der Waals surface area contributed by atoms with Crippen molar-refractivity contribution in [2.75, 3.05) is 20.1 Å². The monoisotopic (exact) mass is 321 g/mol. The highest BCUT2D eigenvalue weighted by molar-refractivity contribution is 5.50. The van der Waals surface area contributed by atoms with Gasteiger partial charge in [0.1, 0.15) is 24.3 Å². The molecule has 3 atom stereocenters. The topological polar surface area (TPSA) is 70.0 Å². The Balaban J connectivity index is 2.18. The van der Waals surface area contributed by atoms with Crippen LogP contribution in [-0.4, -0.2) is 59.8 Å². The van der Waals surface area contributed by atoms with Crippen LogP contribution in [0.15, 0.2) is 35.1 Å². The summed E-state index contributed by atoms with van der Waals surface area (Å²) in [6.45, 7) is 3.39. The number of β-amino-alcohol motifs (C(OH)–C–C–N with tert-alkyl or cyclic N) is 1. The number of aldehydes is 1. The third-order valence-electron chi connectivity index (χ3n) is 4.37. The Kier molecular flexibility index (Phi) is 6.57. The Hall–Kier alpha value is -1.43. The Morgan fingerprint density at radius 1 is 1.48 bits per heavy atom. The third kappa shape index (κ3) is 5.03. The number of hydrogen-bond donors (Lipinski definition) is 2. The average Bonchev–Trinajstić information content (AvgIpc) is 2.70. The molecule has 5 nitrogen and oxygen atoms in total. The molecule has 1 fully saturated rings. The van der Waals surface area contributed by atoms with E-state index in [0.29, 0.717) is 25.9 Å². The first-order chi connectivity index (χ1) is 11.0. The molecule has 3 unspecified atom stereocenters. The molecule has 0 amide bonds. The van der Waals surface area contributed by atoms with Gasteiger partial charge in [-0.05, 0) is 19.0 Å². The maximum atomic E-state index is 10.6. The number of rotatable bonds is 7. The molecule has 5 heteroatoms. The number of carbonyl (C=O) groups excluding carboxylic acids is 1. The summed E-state index contributed by atoms with van der Waals surface area (Å²) in [5.41, 5.74) is 2.15. The first kappa shape index (κ1) is 17.9. The zero-order valence-corrected chi connectivity index (χ0v) is 13.9. The number of aliphatic hydroxyl groups excluding tert-OH is 2. The summed E-state index contributed by atoms with van der Waals surface area (Å²) >= 11 is 0. The predicted octanol–water partition coefficient (Wildman–Crippen LogP) is 1.57. The molecule has 2 N–H and O–H groups in total. The van der Waals surface area contributed by atoms with E-state index in [1.54, 1.807) is 0 Å². The van der Waals surface area contributed by atoms with Crippen molar-refractivity contribution in [1.29, 1.82) is 0 Å². The summed E-state index contributed by atoms with van der Waals surface area (Å²) in [6, 6.07) is 0. The van der Waals surface area contributed by atoms with Crippen molar-refractivity contribution in [3.63, 3.8) is 0 Å². The van der Waals surface area contributed by atoms with E-state index < -0.39 is 12.2 Å². The van der Waals surface area contributed by atoms with E-state index in [0.717, 1.165) is 24.0 Å². The van der Waals surface area contributed by atoms with Gasteiger partial charge in [-0.2, -0.15) is 0 Å². The van der Waals surface area contributed by atoms with Crippen molar-refractivity contribution in [2.45, 2.75) is 50.9 Å². The van der Waals surface area contributed by atoms with Gasteiger partial charge in [-0.15, -0.1) is 0 Å². The molecule has 0 aromatic heterocycles. The average molecular weight is 321 g/mol. The molecular formula is C18H27NO4. The van der Waals surface area contributed by atoms with Gasteiger partial charge in [0.15, 0.2) is 0 Å². The zero-order valence-electron chi connectivity index (χ0n) is 13.9. The molecule has 1 aliphatic carbocycles. The molecule has 1 saturated heterocycles. The van der Waals surface area contributed by atoms with Crippen LogP contribution in [-0.2, 0) is 9.53 Å². The number of nitrogens with zero attached hydrogens (tertiary/aromatic N) is 1. The van der Waals surface area contributed by atoms with Crippen LogP contribution in [0.1, 0.15) is 32.6 Å². The van der Waals surface area contributed by atoms with Gasteiger partial charge in [-0.3, -0.25) is 4.90 Å². The SMILES string of the molecule is CCC1=CC=CC(CC(O)CC=O)=C(OC2CN(C)CC2O)C1. The molecule has 0 saturated carbocycles. The second-order valence-electron chi connectivity index (χ2n) is 6.37. The Morgan fingerprint density at radius 3 is 2.87 bits per heavy atom. The van der Waals surface area contributed by atoms with Crippen LogP contribution in [0.25, 0.3) is 0 Å². The molecule has 2 aliphatic rings. The van der Waals surface area contributed by atoms with Crippen molar-refractivity contribution in [3.8, 4) is 0 Å². The van der Waals surface area contributed by atoms with Gasteiger partial charge in [-0.25, -0.2) is 0 Å². The number of allylic oxidation sites excluding steroid dienone is 4. The maximum Gasteiger partial charge on any atom is 0.138 e. The standard InChI is InChI=1S/C18H27NO4/c1-3-13-5-4-6-14(10-15(21)7-8-20)17(9-13)23-18-12-19(2)11-16(18)22/h4-6,8,15-16,18,21-22H,3,7,9-12H2,1-2H3. The lowest BCUT2D eigenvalue weighted by Crippen LogP contribution is -2.27. The summed E-state index contributed by atoms with van der Waals surface area (Å²) in [4.78, 5) is 12.6. The maximum absolute atomic E-state index is 10.6. The molecule has 0 radical (unpaired) electrons. The van der Waals surface area contributed by atoms with Crippen LogP contribution in [0, 0.1) is 0 Å². The second-order valence-corrected chi connectivity index (χ2v) is 6.37. The van der Waals surface area contributed by atoms with Gasteiger partial charge in [0, 0.05) is 32.4 Å². The Bertz CT molecular complexity index is 509. The lowest BCUT2D eigenvalue weighted by Gasteiger charge is -2.22. The molecule has 0 spiro atoms. The highest BCUT2D eigenvalue weighted by Crippen LogP contribution is 2.28. The smallest absolute Gasteiger partial charge is 0.138 e. The van der Waals surface area contributed by atoms with E-state index >= 15 is 0 Å². The molecular weight excluding hydrogens is 294 g/mol. The van der Waals surface area contributed by atoms with E-state index in [4.69, 9.17) is 4.74 Å². The molecule has 1 aliphatic heterocycles. The molecule has 0 bridgehead atoms. The zero-order chi connectivity index (χ0) is 16.8. The summed E-state index contributed by atoms with van der Waals surface area (Å²) in [5.74, 6) is 0.802. The fraction of sp³-hybridized carbons (Fsp3) is 0.611. The predicted molar refractivity (Wildman–Crippen MR) is 88.8 cm³/mol. The van der Waals surface area contributed by atoms with Gasteiger partial charge in [-0.1, -0.05) is 30.7 Å². The minimum Gasteiger partial charge on any atom is -0.490 e. The van der Waals surface area contributed by atoms with Crippen LogP contribution >= 0.6 is 0 Å². The molecule has 2 rings (SSSR count). The highest BCUT2D eigenvalue weighted by atomic mass is 16.5. The Morgan fingerprint density at radius 2 is 2.26 bits per heavy atom. The summed E-state index contributed by atoms with van der Waals surface area (Å²) in [6.07, 6.45) is 7.36. The van der Waals surface area contributed by atoms with Crippen molar-refractivity contribution >= 4 is 6.29 Å². The van der Waals surface area contributed by atoms with E-state index in [1.165, 1.54) is 5.57 Å². The number of likely N-dealkylation sites (tertiary alicyclic amines) is 1. The number of likely N-dealkylation sites (N-methyl/N-ethyl adjacent to an activating group) is 1. The highest BCUT2D eigenvalue weighted by Gasteiger charge is 2.32. The van der Waals surface area contributed by atoms with Crippen LogP contribution in [0.2, 0.25) is 0 Å². The van der Waals surface area contributed by atoms with Gasteiger partial charge >= 0.3 is 0 Å². The van der Waals surface area contributed by atoms with Gasteiger partial charge < -0.3 is 19.7 Å². The normalized spacial score (nSPS) is 26.9. The van der Waals surface area contributed by atoms with Crippen molar-refractivity contribution in [2.24, 2.45) is 0 Å². The molecule has 128 valence electrons. The van der Waals surface area contributed by atoms with E-state index in [9.17, 15) is 15.0 Å². The minimum atomic E-state index is -0.704. The second kappa shape index (κ2) is 8.43. The fourth-order valence-corrected chi connectivity index (χ4v) is 3.00. The van der Waals surface area contributed by atoms with E-state index in [1.807, 2.05) is 24.1 Å². The molecule has 1 heterocycles. The minimum absolute atomic E-state index is 0.119. The largest absolute Gasteiger partial charge is 0.490 e. The van der Waals surface area contributed by atoms with Crippen molar-refractivity contribution in [3.05, 3.63) is 35.1 Å². The molecule has 0 aromatic rings.